The summed E-state index contributed by atoms with van der Waals surface area (Å²) in [6, 6.07) is 30.0. The van der Waals surface area contributed by atoms with Gasteiger partial charge in [0.1, 0.15) is 11.5 Å². The maximum Gasteiger partial charge on any atom is 0.323 e. The maximum absolute atomic E-state index is 12.4. The van der Waals surface area contributed by atoms with Crippen LogP contribution < -0.4 is 26.0 Å². The normalized spacial score (nSPS) is 10.3. The molecule has 0 heterocycles. The second-order valence-electron chi connectivity index (χ2n) is 8.23. The Kier molecular flexibility index (Phi) is 7.83. The number of amides is 3. The molecule has 182 valence electrons. The zero-order chi connectivity index (χ0) is 25.3. The highest BCUT2D eigenvalue weighted by Gasteiger charge is 2.05. The molecular weight excluding hydrogens is 452 g/mol. The van der Waals surface area contributed by atoms with Gasteiger partial charge in [0, 0.05) is 36.7 Å². The Morgan fingerprint density at radius 3 is 1.39 bits per heavy atom. The van der Waals surface area contributed by atoms with Gasteiger partial charge in [0.25, 0.3) is 0 Å². The number of hydrogen-bond donors (Lipinski definition) is 4. The highest BCUT2D eigenvalue weighted by Crippen LogP contribution is 2.24. The summed E-state index contributed by atoms with van der Waals surface area (Å²) in [5, 5.41) is 11.5. The molecule has 7 heteroatoms. The van der Waals surface area contributed by atoms with Crippen LogP contribution in [-0.4, -0.2) is 19.0 Å². The standard InChI is InChI=1S/C29H28N4O3/c1-20(34)31-24-7-3-21(4-8-24)19-22-5-9-25(10-6-22)32-29(35)33-26-13-17-28(18-14-26)36-27-15-11-23(30-2)12-16-27/h3-18,30H,19H2,1-2H3,(H,31,34)(H2,32,33,35). The van der Waals surface area contributed by atoms with Gasteiger partial charge < -0.3 is 26.0 Å². The van der Waals surface area contributed by atoms with Crippen LogP contribution >= 0.6 is 0 Å². The van der Waals surface area contributed by atoms with Crippen LogP contribution in [0.15, 0.2) is 97.1 Å². The molecular formula is C29H28N4O3. The van der Waals surface area contributed by atoms with E-state index in [0.717, 1.165) is 34.7 Å². The minimum absolute atomic E-state index is 0.0903. The van der Waals surface area contributed by atoms with Crippen LogP contribution in [-0.2, 0) is 11.2 Å². The Morgan fingerprint density at radius 1 is 0.583 bits per heavy atom. The number of carbonyl (C=O) groups is 2. The molecule has 0 bridgehead atoms. The number of urea groups is 1. The third-order valence-corrected chi connectivity index (χ3v) is 5.39. The highest BCUT2D eigenvalue weighted by molar-refractivity contribution is 5.99. The van der Waals surface area contributed by atoms with E-state index in [-0.39, 0.29) is 11.9 Å². The van der Waals surface area contributed by atoms with Crippen molar-refractivity contribution in [1.29, 1.82) is 0 Å². The molecule has 4 aromatic carbocycles. The van der Waals surface area contributed by atoms with Crippen molar-refractivity contribution in [2.45, 2.75) is 13.3 Å². The first-order valence-electron chi connectivity index (χ1n) is 11.6. The van der Waals surface area contributed by atoms with Gasteiger partial charge in [-0.25, -0.2) is 4.79 Å². The third kappa shape index (κ3) is 7.11. The number of nitrogens with one attached hydrogen (secondary N) is 4. The topological polar surface area (TPSA) is 91.5 Å². The van der Waals surface area contributed by atoms with Crippen molar-refractivity contribution in [3.63, 3.8) is 0 Å². The van der Waals surface area contributed by atoms with Crippen molar-refractivity contribution >= 4 is 34.7 Å². The fourth-order valence-corrected chi connectivity index (χ4v) is 3.58. The summed E-state index contributed by atoms with van der Waals surface area (Å²) in [5.74, 6) is 1.32. The number of rotatable bonds is 8. The van der Waals surface area contributed by atoms with Gasteiger partial charge in [0.05, 0.1) is 0 Å². The van der Waals surface area contributed by atoms with E-state index < -0.39 is 0 Å². The quantitative estimate of drug-likeness (QED) is 0.225. The summed E-state index contributed by atoms with van der Waals surface area (Å²) >= 11 is 0. The second kappa shape index (κ2) is 11.6. The van der Waals surface area contributed by atoms with Crippen molar-refractivity contribution in [3.8, 4) is 11.5 Å². The van der Waals surface area contributed by atoms with E-state index in [1.807, 2.05) is 79.8 Å². The first-order valence-corrected chi connectivity index (χ1v) is 11.6. The van der Waals surface area contributed by atoms with Crippen LogP contribution in [0.1, 0.15) is 18.1 Å². The minimum Gasteiger partial charge on any atom is -0.457 e. The van der Waals surface area contributed by atoms with Gasteiger partial charge >= 0.3 is 6.03 Å². The lowest BCUT2D eigenvalue weighted by atomic mass is 10.0. The molecule has 0 saturated heterocycles. The van der Waals surface area contributed by atoms with Gasteiger partial charge in [0.15, 0.2) is 0 Å². The largest absolute Gasteiger partial charge is 0.457 e. The first-order chi connectivity index (χ1) is 17.5. The van der Waals surface area contributed by atoms with E-state index in [0.29, 0.717) is 17.1 Å². The summed E-state index contributed by atoms with van der Waals surface area (Å²) in [5.41, 5.74) is 5.39. The predicted octanol–water partition coefficient (Wildman–Crippen LogP) is 6.71. The van der Waals surface area contributed by atoms with Gasteiger partial charge in [-0.2, -0.15) is 0 Å². The van der Waals surface area contributed by atoms with Crippen LogP contribution in [0.4, 0.5) is 27.5 Å². The first kappa shape index (κ1) is 24.3. The van der Waals surface area contributed by atoms with Gasteiger partial charge in [-0.05, 0) is 90.3 Å². The van der Waals surface area contributed by atoms with Crippen molar-refractivity contribution in [1.82, 2.24) is 0 Å². The van der Waals surface area contributed by atoms with Crippen LogP contribution in [0.25, 0.3) is 0 Å². The number of carbonyl (C=O) groups excluding carboxylic acids is 2. The summed E-state index contributed by atoms with van der Waals surface area (Å²) in [4.78, 5) is 23.6. The lowest BCUT2D eigenvalue weighted by Gasteiger charge is -2.10. The molecule has 4 N–H and O–H groups in total. The molecule has 0 aromatic heterocycles. The molecule has 4 rings (SSSR count). The molecule has 0 saturated carbocycles. The second-order valence-corrected chi connectivity index (χ2v) is 8.23. The Hall–Kier alpha value is -4.78. The molecule has 3 amide bonds. The van der Waals surface area contributed by atoms with E-state index >= 15 is 0 Å². The average molecular weight is 481 g/mol. The number of ether oxygens (including phenoxy) is 1. The Labute approximate surface area is 210 Å². The lowest BCUT2D eigenvalue weighted by molar-refractivity contribution is -0.114. The third-order valence-electron chi connectivity index (χ3n) is 5.39. The fraction of sp³-hybridized carbons (Fsp3) is 0.103. The molecule has 0 aliphatic heterocycles. The minimum atomic E-state index is -0.326. The summed E-state index contributed by atoms with van der Waals surface area (Å²) in [7, 11) is 1.87. The highest BCUT2D eigenvalue weighted by atomic mass is 16.5. The summed E-state index contributed by atoms with van der Waals surface area (Å²) in [6.45, 7) is 1.49. The summed E-state index contributed by atoms with van der Waals surface area (Å²) < 4.78 is 5.84. The Bertz CT molecular complexity index is 1300. The molecule has 4 aromatic rings. The van der Waals surface area contributed by atoms with Gasteiger partial charge in [0.2, 0.25) is 5.91 Å². The zero-order valence-corrected chi connectivity index (χ0v) is 20.2. The van der Waals surface area contributed by atoms with Crippen molar-refractivity contribution in [3.05, 3.63) is 108 Å². The van der Waals surface area contributed by atoms with Crippen LogP contribution in [0.3, 0.4) is 0 Å². The monoisotopic (exact) mass is 480 g/mol. The number of hydrogen-bond acceptors (Lipinski definition) is 4. The van der Waals surface area contributed by atoms with Crippen LogP contribution in [0.2, 0.25) is 0 Å². The molecule has 36 heavy (non-hydrogen) atoms. The SMILES string of the molecule is CNc1ccc(Oc2ccc(NC(=O)Nc3ccc(Cc4ccc(NC(C)=O)cc4)cc3)cc2)cc1. The molecule has 7 nitrogen and oxygen atoms in total. The van der Waals surface area contributed by atoms with E-state index in [1.54, 1.807) is 24.3 Å². The van der Waals surface area contributed by atoms with E-state index in [9.17, 15) is 9.59 Å². The average Bonchev–Trinajstić information content (AvgIpc) is 2.88. The van der Waals surface area contributed by atoms with Gasteiger partial charge in [-0.15, -0.1) is 0 Å². The molecule has 0 aliphatic carbocycles. The molecule has 0 atom stereocenters. The van der Waals surface area contributed by atoms with E-state index in [4.69, 9.17) is 4.74 Å². The molecule has 0 spiro atoms. The van der Waals surface area contributed by atoms with Crippen molar-refractivity contribution < 1.29 is 14.3 Å². The van der Waals surface area contributed by atoms with Crippen LogP contribution in [0, 0.1) is 0 Å². The Balaban J connectivity index is 1.26. The molecule has 0 fully saturated rings. The smallest absolute Gasteiger partial charge is 0.323 e. The number of anilines is 4. The van der Waals surface area contributed by atoms with E-state index in [1.165, 1.54) is 6.92 Å². The maximum atomic E-state index is 12.4. The fourth-order valence-electron chi connectivity index (χ4n) is 3.58. The van der Waals surface area contributed by atoms with Gasteiger partial charge in [-0.3, -0.25) is 4.79 Å². The predicted molar refractivity (Wildman–Crippen MR) is 145 cm³/mol. The Morgan fingerprint density at radius 2 is 0.972 bits per heavy atom. The zero-order valence-electron chi connectivity index (χ0n) is 20.2. The van der Waals surface area contributed by atoms with Crippen LogP contribution in [0.5, 0.6) is 11.5 Å². The summed E-state index contributed by atoms with van der Waals surface area (Å²) in [6.07, 6.45) is 0.751. The van der Waals surface area contributed by atoms with Crippen molar-refractivity contribution in [2.75, 3.05) is 28.3 Å². The molecule has 0 aliphatic rings. The van der Waals surface area contributed by atoms with Gasteiger partial charge in [-0.1, -0.05) is 24.3 Å². The molecule has 0 radical (unpaired) electrons. The van der Waals surface area contributed by atoms with E-state index in [2.05, 4.69) is 21.3 Å². The van der Waals surface area contributed by atoms with Crippen molar-refractivity contribution in [2.24, 2.45) is 0 Å². The molecule has 0 unspecified atom stereocenters. The number of benzene rings is 4. The lowest BCUT2D eigenvalue weighted by Crippen LogP contribution is -2.19.